The van der Waals surface area contributed by atoms with E-state index in [0.29, 0.717) is 45.5 Å². The number of hydrazone groups is 2. The second-order valence-corrected chi connectivity index (χ2v) is 6.42. The third-order valence-corrected chi connectivity index (χ3v) is 4.46. The van der Waals surface area contributed by atoms with Gasteiger partial charge in [0.25, 0.3) is 0 Å². The Labute approximate surface area is 186 Å². The van der Waals surface area contributed by atoms with E-state index in [2.05, 4.69) is 21.1 Å². The molecule has 0 radical (unpaired) electrons. The maximum absolute atomic E-state index is 12.1. The van der Waals surface area contributed by atoms with Crippen LogP contribution in [-0.4, -0.2) is 51.7 Å². The first-order valence-electron chi connectivity index (χ1n) is 9.48. The minimum atomic E-state index is -0.964. The number of carbonyl (C=O) groups excluding carboxylic acids is 2. The SMILES string of the molecule is COc1ccc(C(C)=NNC(=O)C(=O)NN=C(C)c2ccc(OC)c(OC)c2)cc1OC. The molecule has 0 aromatic heterocycles. The van der Waals surface area contributed by atoms with E-state index in [9.17, 15) is 9.59 Å². The Balaban J connectivity index is 2.03. The van der Waals surface area contributed by atoms with Gasteiger partial charge in [-0.3, -0.25) is 9.59 Å². The summed E-state index contributed by atoms with van der Waals surface area (Å²) in [5, 5.41) is 7.91. The summed E-state index contributed by atoms with van der Waals surface area (Å²) in [7, 11) is 6.11. The highest BCUT2D eigenvalue weighted by atomic mass is 16.5. The summed E-state index contributed by atoms with van der Waals surface area (Å²) in [4.78, 5) is 24.1. The lowest BCUT2D eigenvalue weighted by atomic mass is 10.1. The van der Waals surface area contributed by atoms with E-state index in [1.54, 1.807) is 50.2 Å². The summed E-state index contributed by atoms with van der Waals surface area (Å²) >= 11 is 0. The van der Waals surface area contributed by atoms with E-state index in [1.807, 2.05) is 0 Å². The monoisotopic (exact) mass is 442 g/mol. The molecule has 2 amide bonds. The number of carbonyl (C=O) groups is 2. The van der Waals surface area contributed by atoms with Crippen LogP contribution in [0.15, 0.2) is 46.6 Å². The molecule has 0 fully saturated rings. The van der Waals surface area contributed by atoms with Gasteiger partial charge in [0.15, 0.2) is 23.0 Å². The second-order valence-electron chi connectivity index (χ2n) is 6.42. The van der Waals surface area contributed by atoms with Gasteiger partial charge in [-0.15, -0.1) is 0 Å². The van der Waals surface area contributed by atoms with Crippen LogP contribution in [-0.2, 0) is 9.59 Å². The summed E-state index contributed by atoms with van der Waals surface area (Å²) in [5.41, 5.74) is 6.72. The van der Waals surface area contributed by atoms with E-state index in [4.69, 9.17) is 18.9 Å². The Morgan fingerprint density at radius 3 is 1.28 bits per heavy atom. The lowest BCUT2D eigenvalue weighted by Gasteiger charge is -2.10. The van der Waals surface area contributed by atoms with Crippen molar-refractivity contribution in [3.63, 3.8) is 0 Å². The average Bonchev–Trinajstić information content (AvgIpc) is 2.84. The van der Waals surface area contributed by atoms with Crippen LogP contribution in [0.4, 0.5) is 0 Å². The van der Waals surface area contributed by atoms with E-state index in [-0.39, 0.29) is 0 Å². The van der Waals surface area contributed by atoms with Crippen molar-refractivity contribution in [2.45, 2.75) is 13.8 Å². The minimum Gasteiger partial charge on any atom is -0.493 e. The van der Waals surface area contributed by atoms with Crippen molar-refractivity contribution in [2.75, 3.05) is 28.4 Å². The summed E-state index contributed by atoms with van der Waals surface area (Å²) in [6.07, 6.45) is 0. The van der Waals surface area contributed by atoms with Crippen molar-refractivity contribution in [3.8, 4) is 23.0 Å². The average molecular weight is 442 g/mol. The fourth-order valence-corrected chi connectivity index (χ4v) is 2.62. The normalized spacial score (nSPS) is 11.4. The molecule has 2 N–H and O–H groups in total. The van der Waals surface area contributed by atoms with Crippen molar-refractivity contribution in [2.24, 2.45) is 10.2 Å². The van der Waals surface area contributed by atoms with Gasteiger partial charge < -0.3 is 18.9 Å². The topological polar surface area (TPSA) is 120 Å². The number of amides is 2. The molecule has 32 heavy (non-hydrogen) atoms. The van der Waals surface area contributed by atoms with Crippen LogP contribution in [0.2, 0.25) is 0 Å². The van der Waals surface area contributed by atoms with E-state index >= 15 is 0 Å². The Hall–Kier alpha value is -4.08. The molecule has 0 aliphatic carbocycles. The highest BCUT2D eigenvalue weighted by molar-refractivity contribution is 6.35. The van der Waals surface area contributed by atoms with Crippen molar-refractivity contribution in [1.29, 1.82) is 0 Å². The third kappa shape index (κ3) is 5.97. The van der Waals surface area contributed by atoms with Crippen molar-refractivity contribution < 1.29 is 28.5 Å². The zero-order valence-corrected chi connectivity index (χ0v) is 18.8. The number of nitrogens with zero attached hydrogens (tertiary/aromatic N) is 2. The molecule has 0 spiro atoms. The molecule has 0 heterocycles. The van der Waals surface area contributed by atoms with Crippen LogP contribution >= 0.6 is 0 Å². The Morgan fingerprint density at radius 2 is 0.969 bits per heavy atom. The maximum atomic E-state index is 12.1. The van der Waals surface area contributed by atoms with E-state index < -0.39 is 11.8 Å². The van der Waals surface area contributed by atoms with E-state index in [1.165, 1.54) is 28.4 Å². The first-order chi connectivity index (χ1) is 15.3. The first kappa shape index (κ1) is 24.2. The standard InChI is InChI=1S/C22H26N4O6/c1-13(15-7-9-17(29-3)19(11-15)31-5)23-25-21(27)22(28)26-24-14(2)16-8-10-18(30-4)20(12-16)32-6/h7-12H,1-6H3,(H,25,27)(H,26,28). The highest BCUT2D eigenvalue weighted by Crippen LogP contribution is 2.28. The van der Waals surface area contributed by atoms with Crippen molar-refractivity contribution in [1.82, 2.24) is 10.9 Å². The number of methoxy groups -OCH3 is 4. The zero-order valence-electron chi connectivity index (χ0n) is 18.8. The fourth-order valence-electron chi connectivity index (χ4n) is 2.62. The van der Waals surface area contributed by atoms with Crippen LogP contribution in [0, 0.1) is 0 Å². The fraction of sp³-hybridized carbons (Fsp3) is 0.273. The van der Waals surface area contributed by atoms with Crippen LogP contribution in [0.5, 0.6) is 23.0 Å². The predicted octanol–water partition coefficient (Wildman–Crippen LogP) is 2.10. The summed E-state index contributed by atoms with van der Waals surface area (Å²) < 4.78 is 20.9. The maximum Gasteiger partial charge on any atom is 0.331 e. The van der Waals surface area contributed by atoms with Crippen LogP contribution in [0.25, 0.3) is 0 Å². The van der Waals surface area contributed by atoms with Gasteiger partial charge in [-0.2, -0.15) is 10.2 Å². The number of hydrogen-bond acceptors (Lipinski definition) is 8. The number of nitrogens with one attached hydrogen (secondary N) is 2. The van der Waals surface area contributed by atoms with Gasteiger partial charge in [-0.05, 0) is 50.2 Å². The number of ether oxygens (including phenoxy) is 4. The van der Waals surface area contributed by atoms with Crippen molar-refractivity contribution >= 4 is 23.2 Å². The van der Waals surface area contributed by atoms with E-state index in [0.717, 1.165) is 0 Å². The molecule has 0 aliphatic rings. The Bertz CT molecular complexity index is 965. The number of benzene rings is 2. The molecule has 2 aromatic rings. The van der Waals surface area contributed by atoms with Crippen LogP contribution in [0.3, 0.4) is 0 Å². The molecule has 0 aliphatic heterocycles. The van der Waals surface area contributed by atoms with Gasteiger partial charge in [-0.25, -0.2) is 10.9 Å². The molecular formula is C22H26N4O6. The third-order valence-electron chi connectivity index (χ3n) is 4.46. The van der Waals surface area contributed by atoms with Crippen LogP contribution in [0.1, 0.15) is 25.0 Å². The molecule has 0 saturated carbocycles. The highest BCUT2D eigenvalue weighted by Gasteiger charge is 2.14. The molecule has 170 valence electrons. The number of rotatable bonds is 8. The molecule has 0 saturated heterocycles. The summed E-state index contributed by atoms with van der Waals surface area (Å²) in [6, 6.07) is 10.4. The molecule has 10 heteroatoms. The Morgan fingerprint density at radius 1 is 0.625 bits per heavy atom. The Kier molecular flexibility index (Phi) is 8.58. The summed E-state index contributed by atoms with van der Waals surface area (Å²) in [5.74, 6) is 0.236. The lowest BCUT2D eigenvalue weighted by molar-refractivity contribution is -0.139. The second kappa shape index (κ2) is 11.3. The molecule has 2 rings (SSSR count). The lowest BCUT2D eigenvalue weighted by Crippen LogP contribution is -2.36. The molecule has 10 nitrogen and oxygen atoms in total. The molecule has 0 bridgehead atoms. The first-order valence-corrected chi connectivity index (χ1v) is 9.48. The van der Waals surface area contributed by atoms with Gasteiger partial charge in [0.2, 0.25) is 0 Å². The van der Waals surface area contributed by atoms with Gasteiger partial charge >= 0.3 is 11.8 Å². The zero-order chi connectivity index (χ0) is 23.7. The smallest absolute Gasteiger partial charge is 0.331 e. The van der Waals surface area contributed by atoms with Gasteiger partial charge in [0, 0.05) is 11.1 Å². The quantitative estimate of drug-likeness (QED) is 0.367. The molecule has 0 atom stereocenters. The predicted molar refractivity (Wildman–Crippen MR) is 120 cm³/mol. The minimum absolute atomic E-state index is 0.470. The largest absolute Gasteiger partial charge is 0.493 e. The molecule has 0 unspecified atom stereocenters. The van der Waals surface area contributed by atoms with Crippen molar-refractivity contribution in [3.05, 3.63) is 47.5 Å². The van der Waals surface area contributed by atoms with Gasteiger partial charge in [0.05, 0.1) is 39.9 Å². The summed E-state index contributed by atoms with van der Waals surface area (Å²) in [6.45, 7) is 3.36. The molecular weight excluding hydrogens is 416 g/mol. The van der Waals surface area contributed by atoms with Gasteiger partial charge in [0.1, 0.15) is 0 Å². The van der Waals surface area contributed by atoms with Crippen LogP contribution < -0.4 is 29.8 Å². The van der Waals surface area contributed by atoms with Gasteiger partial charge in [-0.1, -0.05) is 0 Å². The molecule has 2 aromatic carbocycles. The number of hydrogen-bond donors (Lipinski definition) is 2.